The summed E-state index contributed by atoms with van der Waals surface area (Å²) in [6.07, 6.45) is 3.18. The molecule has 0 heterocycles. The van der Waals surface area contributed by atoms with Gasteiger partial charge < -0.3 is 15.4 Å². The molecule has 0 fully saturated rings. The number of hydrogen-bond acceptors (Lipinski definition) is 3. The Morgan fingerprint density at radius 1 is 1.32 bits per heavy atom. The topological polar surface area (TPSA) is 50.4 Å². The Kier molecular flexibility index (Phi) is 7.35. The summed E-state index contributed by atoms with van der Waals surface area (Å²) in [4.78, 5) is 11.4. The highest BCUT2D eigenvalue weighted by atomic mass is 35.5. The third-order valence-corrected chi connectivity index (χ3v) is 2.91. The second kappa shape index (κ2) is 8.76. The summed E-state index contributed by atoms with van der Waals surface area (Å²) in [7, 11) is 0. The van der Waals surface area contributed by atoms with E-state index in [1.807, 2.05) is 6.08 Å². The van der Waals surface area contributed by atoms with Crippen LogP contribution >= 0.6 is 11.6 Å². The van der Waals surface area contributed by atoms with Crippen molar-refractivity contribution in [3.8, 4) is 0 Å². The maximum absolute atomic E-state index is 13.5. The van der Waals surface area contributed by atoms with Crippen LogP contribution in [0.15, 0.2) is 30.4 Å². The van der Waals surface area contributed by atoms with Crippen LogP contribution in [0.5, 0.6) is 0 Å². The lowest BCUT2D eigenvalue weighted by atomic mass is 10.2. The van der Waals surface area contributed by atoms with E-state index in [0.29, 0.717) is 30.2 Å². The second-order valence-corrected chi connectivity index (χ2v) is 6.09. The Hall–Kier alpha value is -1.59. The van der Waals surface area contributed by atoms with E-state index in [1.165, 1.54) is 6.07 Å². The molecule has 22 heavy (non-hydrogen) atoms. The Morgan fingerprint density at radius 2 is 2.00 bits per heavy atom. The molecule has 4 nitrogen and oxygen atoms in total. The van der Waals surface area contributed by atoms with Crippen molar-refractivity contribution in [2.45, 2.75) is 32.9 Å². The number of halogens is 2. The van der Waals surface area contributed by atoms with Gasteiger partial charge in [-0.1, -0.05) is 29.8 Å². The minimum absolute atomic E-state index is 0.324. The normalized spacial score (nSPS) is 11.7. The van der Waals surface area contributed by atoms with E-state index in [1.54, 1.807) is 39.0 Å². The smallest absolute Gasteiger partial charge is 0.407 e. The van der Waals surface area contributed by atoms with Gasteiger partial charge >= 0.3 is 6.09 Å². The summed E-state index contributed by atoms with van der Waals surface area (Å²) < 4.78 is 18.6. The van der Waals surface area contributed by atoms with Crippen molar-refractivity contribution in [2.75, 3.05) is 13.1 Å². The summed E-state index contributed by atoms with van der Waals surface area (Å²) in [6.45, 7) is 6.67. The fourth-order valence-electron chi connectivity index (χ4n) is 1.60. The van der Waals surface area contributed by atoms with Crippen LogP contribution in [0.3, 0.4) is 0 Å². The Bertz CT molecular complexity index is 507. The number of benzene rings is 1. The van der Waals surface area contributed by atoms with Crippen LogP contribution < -0.4 is 10.6 Å². The van der Waals surface area contributed by atoms with Crippen LogP contribution in [0.1, 0.15) is 26.3 Å². The highest BCUT2D eigenvalue weighted by Gasteiger charge is 2.14. The van der Waals surface area contributed by atoms with Gasteiger partial charge in [0.1, 0.15) is 11.4 Å². The van der Waals surface area contributed by atoms with Crippen molar-refractivity contribution in [1.82, 2.24) is 10.6 Å². The number of amides is 1. The maximum Gasteiger partial charge on any atom is 0.407 e. The van der Waals surface area contributed by atoms with Gasteiger partial charge in [-0.2, -0.15) is 0 Å². The third-order valence-electron chi connectivity index (χ3n) is 2.56. The molecule has 1 rings (SSSR count). The van der Waals surface area contributed by atoms with Gasteiger partial charge in [0, 0.05) is 30.2 Å². The third kappa shape index (κ3) is 7.43. The highest BCUT2D eigenvalue weighted by molar-refractivity contribution is 6.31. The van der Waals surface area contributed by atoms with Gasteiger partial charge in [-0.25, -0.2) is 9.18 Å². The first-order chi connectivity index (χ1) is 10.3. The Balaban J connectivity index is 2.21. The van der Waals surface area contributed by atoms with E-state index in [2.05, 4.69) is 10.6 Å². The van der Waals surface area contributed by atoms with Gasteiger partial charge in [0.2, 0.25) is 0 Å². The number of alkyl carbamates (subject to hydrolysis) is 1. The number of carbonyl (C=O) groups is 1. The molecular formula is C16H22ClFN2O2. The molecule has 0 aliphatic carbocycles. The molecule has 0 unspecified atom stereocenters. The average molecular weight is 329 g/mol. The molecule has 0 aromatic heterocycles. The zero-order chi connectivity index (χ0) is 16.6. The second-order valence-electron chi connectivity index (χ2n) is 5.69. The van der Waals surface area contributed by atoms with Crippen LogP contribution in [0.2, 0.25) is 5.02 Å². The minimum Gasteiger partial charge on any atom is -0.444 e. The minimum atomic E-state index is -0.506. The first kappa shape index (κ1) is 18.5. The fraction of sp³-hybridized carbons (Fsp3) is 0.438. The van der Waals surface area contributed by atoms with E-state index < -0.39 is 11.7 Å². The fourth-order valence-corrected chi connectivity index (χ4v) is 1.83. The molecule has 0 spiro atoms. The van der Waals surface area contributed by atoms with Crippen molar-refractivity contribution >= 4 is 17.7 Å². The van der Waals surface area contributed by atoms with E-state index in [0.717, 1.165) is 0 Å². The van der Waals surface area contributed by atoms with Crippen molar-refractivity contribution in [3.63, 3.8) is 0 Å². The molecule has 2 N–H and O–H groups in total. The molecule has 122 valence electrons. The summed E-state index contributed by atoms with van der Waals surface area (Å²) in [5.74, 6) is -0.324. The SMILES string of the molecule is CC(C)(C)OC(=O)NC/C=C/CNCc1c(F)cccc1Cl. The molecule has 1 aromatic rings. The number of rotatable bonds is 6. The maximum atomic E-state index is 13.5. The van der Waals surface area contributed by atoms with Crippen molar-refractivity contribution < 1.29 is 13.9 Å². The van der Waals surface area contributed by atoms with E-state index >= 15 is 0 Å². The van der Waals surface area contributed by atoms with Gasteiger partial charge in [-0.15, -0.1) is 0 Å². The van der Waals surface area contributed by atoms with E-state index in [-0.39, 0.29) is 5.82 Å². The van der Waals surface area contributed by atoms with Crippen LogP contribution in [0.25, 0.3) is 0 Å². The summed E-state index contributed by atoms with van der Waals surface area (Å²) in [6, 6.07) is 4.61. The van der Waals surface area contributed by atoms with Crippen LogP contribution in [-0.2, 0) is 11.3 Å². The summed E-state index contributed by atoms with van der Waals surface area (Å²) in [5, 5.41) is 6.07. The first-order valence-corrected chi connectivity index (χ1v) is 7.43. The highest BCUT2D eigenvalue weighted by Crippen LogP contribution is 2.18. The van der Waals surface area contributed by atoms with Gasteiger partial charge in [0.25, 0.3) is 0 Å². The predicted molar refractivity (Wildman–Crippen MR) is 86.5 cm³/mol. The van der Waals surface area contributed by atoms with Crippen LogP contribution in [-0.4, -0.2) is 24.8 Å². The molecule has 0 saturated carbocycles. The van der Waals surface area contributed by atoms with Gasteiger partial charge in [0.15, 0.2) is 0 Å². The average Bonchev–Trinajstić information content (AvgIpc) is 2.38. The van der Waals surface area contributed by atoms with Crippen molar-refractivity contribution in [1.29, 1.82) is 0 Å². The molecule has 0 saturated heterocycles. The lowest BCUT2D eigenvalue weighted by Crippen LogP contribution is -2.32. The van der Waals surface area contributed by atoms with E-state index in [4.69, 9.17) is 16.3 Å². The number of ether oxygens (including phenoxy) is 1. The molecule has 6 heteroatoms. The quantitative estimate of drug-likeness (QED) is 0.619. The Labute approximate surface area is 135 Å². The monoisotopic (exact) mass is 328 g/mol. The molecular weight excluding hydrogens is 307 g/mol. The lowest BCUT2D eigenvalue weighted by molar-refractivity contribution is 0.0534. The van der Waals surface area contributed by atoms with Crippen molar-refractivity contribution in [3.05, 3.63) is 46.8 Å². The van der Waals surface area contributed by atoms with Gasteiger partial charge in [-0.3, -0.25) is 0 Å². The summed E-state index contributed by atoms with van der Waals surface area (Å²) in [5.41, 5.74) is -0.0570. The van der Waals surface area contributed by atoms with Crippen LogP contribution in [0, 0.1) is 5.82 Å². The molecule has 0 bridgehead atoms. The zero-order valence-electron chi connectivity index (χ0n) is 13.1. The van der Waals surface area contributed by atoms with E-state index in [9.17, 15) is 9.18 Å². The largest absolute Gasteiger partial charge is 0.444 e. The van der Waals surface area contributed by atoms with Gasteiger partial charge in [-0.05, 0) is 32.9 Å². The molecule has 0 atom stereocenters. The first-order valence-electron chi connectivity index (χ1n) is 7.05. The lowest BCUT2D eigenvalue weighted by Gasteiger charge is -2.19. The predicted octanol–water partition coefficient (Wildman–Crippen LogP) is 3.65. The molecule has 0 aliphatic heterocycles. The zero-order valence-corrected chi connectivity index (χ0v) is 13.8. The number of carbonyl (C=O) groups excluding carboxylic acids is 1. The molecule has 1 amide bonds. The van der Waals surface area contributed by atoms with Crippen LogP contribution in [0.4, 0.5) is 9.18 Å². The molecule has 0 radical (unpaired) electrons. The number of nitrogens with one attached hydrogen (secondary N) is 2. The molecule has 1 aromatic carbocycles. The Morgan fingerprint density at radius 3 is 2.64 bits per heavy atom. The summed E-state index contributed by atoms with van der Waals surface area (Å²) >= 11 is 5.92. The van der Waals surface area contributed by atoms with Crippen molar-refractivity contribution in [2.24, 2.45) is 0 Å². The number of hydrogen-bond donors (Lipinski definition) is 2. The molecule has 0 aliphatic rings. The standard InChI is InChI=1S/C16H22ClFN2O2/c1-16(2,3)22-15(21)20-10-5-4-9-19-11-12-13(17)7-6-8-14(12)18/h4-8,19H,9-11H2,1-3H3,(H,20,21)/b5-4+. The van der Waals surface area contributed by atoms with Gasteiger partial charge in [0.05, 0.1) is 0 Å².